The maximum atomic E-state index is 9.55. The molecular formula is C7H11NO4P2S2. The first-order valence-electron chi connectivity index (χ1n) is 4.17. The third-order valence-corrected chi connectivity index (χ3v) is 5.42. The molecule has 0 bridgehead atoms. The van der Waals surface area contributed by atoms with Crippen LogP contribution in [0.5, 0.6) is 0 Å². The van der Waals surface area contributed by atoms with Gasteiger partial charge in [-0.2, -0.15) is 0 Å². The lowest BCUT2D eigenvalue weighted by molar-refractivity contribution is 0.358. The molecule has 0 saturated heterocycles. The van der Waals surface area contributed by atoms with Crippen LogP contribution in [0.25, 0.3) is 0 Å². The van der Waals surface area contributed by atoms with Crippen LogP contribution in [-0.2, 0) is 34.5 Å². The van der Waals surface area contributed by atoms with Crippen molar-refractivity contribution in [2.24, 2.45) is 0 Å². The molecule has 0 aliphatic rings. The van der Waals surface area contributed by atoms with Gasteiger partial charge in [-0.3, -0.25) is 0 Å². The summed E-state index contributed by atoms with van der Waals surface area (Å²) in [7, 11) is 0. The van der Waals surface area contributed by atoms with Gasteiger partial charge in [-0.1, -0.05) is 30.3 Å². The molecular weight excluding hydrogens is 288 g/mol. The summed E-state index contributed by atoms with van der Waals surface area (Å²) in [6.45, 7) is -7.13. The van der Waals surface area contributed by atoms with Crippen LogP contribution in [-0.4, -0.2) is 14.7 Å². The minimum absolute atomic E-state index is 0.268. The standard InChI is InChI=1S/C7H11NO4P2S2/c9-13(15,12-14(10,11)16)8-6-7-4-2-1-3-5-7/h1-5H,6H2,(H2,8,9,15)(H2,10,11,16). The summed E-state index contributed by atoms with van der Waals surface area (Å²) < 4.78 is 4.45. The SMILES string of the molecule is OP(O)(=S)OP(O)(=S)NCc1ccccc1. The molecule has 1 atom stereocenters. The van der Waals surface area contributed by atoms with E-state index >= 15 is 0 Å². The van der Waals surface area contributed by atoms with Crippen LogP contribution in [0.15, 0.2) is 30.3 Å². The van der Waals surface area contributed by atoms with Crippen molar-refractivity contribution in [2.75, 3.05) is 0 Å². The van der Waals surface area contributed by atoms with E-state index in [-0.39, 0.29) is 6.54 Å². The Morgan fingerprint density at radius 2 is 1.69 bits per heavy atom. The van der Waals surface area contributed by atoms with Crippen molar-refractivity contribution in [3.05, 3.63) is 35.9 Å². The van der Waals surface area contributed by atoms with E-state index < -0.39 is 13.4 Å². The predicted molar refractivity (Wildman–Crippen MR) is 69.6 cm³/mol. The number of nitrogens with one attached hydrogen (secondary N) is 1. The summed E-state index contributed by atoms with van der Waals surface area (Å²) in [6, 6.07) is 9.19. The molecule has 5 nitrogen and oxygen atoms in total. The van der Waals surface area contributed by atoms with Crippen LogP contribution in [0.3, 0.4) is 0 Å². The lowest BCUT2D eigenvalue weighted by Crippen LogP contribution is -2.10. The van der Waals surface area contributed by atoms with Crippen molar-refractivity contribution < 1.29 is 19.0 Å². The Hall–Kier alpha value is 0.320. The molecule has 4 N–H and O–H groups in total. The minimum atomic E-state index is -3.94. The quantitative estimate of drug-likeness (QED) is 0.609. The normalized spacial score (nSPS) is 15.7. The van der Waals surface area contributed by atoms with Gasteiger partial charge in [-0.15, -0.1) is 0 Å². The zero-order valence-corrected chi connectivity index (χ0v) is 11.5. The average molecular weight is 299 g/mol. The molecule has 1 unspecified atom stereocenters. The van der Waals surface area contributed by atoms with E-state index in [1.807, 2.05) is 30.3 Å². The maximum absolute atomic E-state index is 9.55. The fourth-order valence-corrected chi connectivity index (χ4v) is 5.01. The lowest BCUT2D eigenvalue weighted by Gasteiger charge is -2.18. The Morgan fingerprint density at radius 1 is 1.12 bits per heavy atom. The average Bonchev–Trinajstić information content (AvgIpc) is 2.13. The Balaban J connectivity index is 2.55. The van der Waals surface area contributed by atoms with Gasteiger partial charge in [0.1, 0.15) is 0 Å². The van der Waals surface area contributed by atoms with Gasteiger partial charge >= 0.3 is 6.72 Å². The fraction of sp³-hybridized carbons (Fsp3) is 0.143. The highest BCUT2D eigenvalue weighted by Crippen LogP contribution is 2.54. The Labute approximate surface area is 104 Å². The van der Waals surface area contributed by atoms with Crippen molar-refractivity contribution in [1.82, 2.24) is 5.09 Å². The first-order valence-corrected chi connectivity index (χ1v) is 9.47. The van der Waals surface area contributed by atoms with Crippen LogP contribution in [0.1, 0.15) is 5.56 Å². The van der Waals surface area contributed by atoms with Crippen LogP contribution in [0.4, 0.5) is 0 Å². The van der Waals surface area contributed by atoms with Crippen molar-refractivity contribution in [3.8, 4) is 0 Å². The smallest absolute Gasteiger partial charge is 0.328 e. The Bertz CT molecular complexity index is 435. The molecule has 90 valence electrons. The summed E-state index contributed by atoms with van der Waals surface area (Å²) in [5.74, 6) is 0. The second-order valence-corrected chi connectivity index (χ2v) is 8.82. The highest BCUT2D eigenvalue weighted by Gasteiger charge is 2.22. The maximum Gasteiger partial charge on any atom is 0.328 e. The molecule has 0 fully saturated rings. The van der Waals surface area contributed by atoms with Gasteiger partial charge in [-0.25, -0.2) is 9.40 Å². The van der Waals surface area contributed by atoms with Gasteiger partial charge in [0, 0.05) is 6.54 Å². The lowest BCUT2D eigenvalue weighted by atomic mass is 10.2. The van der Waals surface area contributed by atoms with Gasteiger partial charge in [0.15, 0.2) is 0 Å². The number of hydrogen-bond donors (Lipinski definition) is 4. The third kappa shape index (κ3) is 6.15. The second kappa shape index (κ2) is 5.78. The third-order valence-electron chi connectivity index (χ3n) is 1.54. The van der Waals surface area contributed by atoms with Gasteiger partial charge in [0.05, 0.1) is 0 Å². The zero-order valence-electron chi connectivity index (χ0n) is 8.05. The second-order valence-electron chi connectivity index (χ2n) is 2.91. The molecule has 1 aromatic carbocycles. The summed E-state index contributed by atoms with van der Waals surface area (Å²) in [5.41, 5.74) is 0.888. The molecule has 0 heterocycles. The Morgan fingerprint density at radius 3 is 2.19 bits per heavy atom. The molecule has 9 heteroatoms. The fourth-order valence-electron chi connectivity index (χ4n) is 0.960. The van der Waals surface area contributed by atoms with E-state index in [4.69, 9.17) is 9.79 Å². The summed E-state index contributed by atoms with van der Waals surface area (Å²) in [6.07, 6.45) is 0. The van der Waals surface area contributed by atoms with Gasteiger partial charge in [0.2, 0.25) is 0 Å². The molecule has 0 amide bonds. The van der Waals surface area contributed by atoms with E-state index in [9.17, 15) is 4.89 Å². The van der Waals surface area contributed by atoms with E-state index in [2.05, 4.69) is 33.0 Å². The molecule has 0 aliphatic heterocycles. The molecule has 0 saturated carbocycles. The zero-order chi connectivity index (χ0) is 12.2. The van der Waals surface area contributed by atoms with Gasteiger partial charge < -0.3 is 14.7 Å². The number of hydrogen-bond acceptors (Lipinski definition) is 3. The van der Waals surface area contributed by atoms with Crippen molar-refractivity contribution in [3.63, 3.8) is 0 Å². The highest BCUT2D eigenvalue weighted by atomic mass is 32.5. The Kier molecular flexibility index (Phi) is 5.19. The van der Waals surface area contributed by atoms with Crippen LogP contribution < -0.4 is 5.09 Å². The summed E-state index contributed by atoms with van der Waals surface area (Å²) >= 11 is 8.89. The molecule has 0 aromatic heterocycles. The van der Waals surface area contributed by atoms with Crippen LogP contribution >= 0.6 is 13.4 Å². The molecule has 16 heavy (non-hydrogen) atoms. The largest absolute Gasteiger partial charge is 0.333 e. The first-order chi connectivity index (χ1) is 7.29. The highest BCUT2D eigenvalue weighted by molar-refractivity contribution is 8.14. The molecule has 1 rings (SSSR count). The monoisotopic (exact) mass is 299 g/mol. The van der Waals surface area contributed by atoms with Crippen molar-refractivity contribution >= 4 is 37.0 Å². The predicted octanol–water partition coefficient (Wildman–Crippen LogP) is 1.22. The molecule has 0 spiro atoms. The van der Waals surface area contributed by atoms with Crippen molar-refractivity contribution in [1.29, 1.82) is 0 Å². The topological polar surface area (TPSA) is 82.0 Å². The van der Waals surface area contributed by atoms with Crippen molar-refractivity contribution in [2.45, 2.75) is 6.54 Å². The van der Waals surface area contributed by atoms with Gasteiger partial charge in [0.25, 0.3) is 6.64 Å². The first kappa shape index (κ1) is 14.4. The van der Waals surface area contributed by atoms with E-state index in [1.54, 1.807) is 0 Å². The number of benzene rings is 1. The number of rotatable bonds is 5. The van der Waals surface area contributed by atoms with E-state index in [0.717, 1.165) is 5.56 Å². The molecule has 0 radical (unpaired) electrons. The summed E-state index contributed by atoms with van der Waals surface area (Å²) in [4.78, 5) is 27.3. The van der Waals surface area contributed by atoms with E-state index in [1.165, 1.54) is 0 Å². The van der Waals surface area contributed by atoms with Crippen LogP contribution in [0, 0.1) is 0 Å². The summed E-state index contributed by atoms with van der Waals surface area (Å²) in [5, 5.41) is 2.53. The van der Waals surface area contributed by atoms with Crippen LogP contribution in [0.2, 0.25) is 0 Å². The molecule has 1 aromatic rings. The van der Waals surface area contributed by atoms with E-state index in [0.29, 0.717) is 0 Å². The van der Waals surface area contributed by atoms with Gasteiger partial charge in [-0.05, 0) is 29.2 Å². The minimum Gasteiger partial charge on any atom is -0.333 e. The molecule has 0 aliphatic carbocycles.